The number of urea groups is 1. The van der Waals surface area contributed by atoms with Gasteiger partial charge in [-0.1, -0.05) is 74.1 Å². The molecule has 3 fully saturated rings. The zero-order valence-corrected chi connectivity index (χ0v) is 31.7. The molecule has 3 aliphatic rings. The average Bonchev–Trinajstić information content (AvgIpc) is 3.28. The fourth-order valence-electron chi connectivity index (χ4n) is 7.45. The Morgan fingerprint density at radius 1 is 0.896 bits per heavy atom. The highest BCUT2D eigenvalue weighted by molar-refractivity contribution is 7.92. The number of ketones is 1. The maximum absolute atomic E-state index is 14.4. The lowest BCUT2D eigenvalue weighted by Crippen LogP contribution is -2.64. The maximum Gasteiger partial charge on any atom is 0.315 e. The largest absolute Gasteiger partial charge is 0.349 e. The molecule has 274 valence electrons. The van der Waals surface area contributed by atoms with Crippen molar-refractivity contribution in [3.05, 3.63) is 0 Å². The number of carbonyl (C=O) groups is 5. The molecule has 0 radical (unpaired) electrons. The van der Waals surface area contributed by atoms with E-state index >= 15 is 0 Å². The highest BCUT2D eigenvalue weighted by Crippen LogP contribution is 2.65. The molecule has 1 aliphatic heterocycles. The molecule has 0 bridgehead atoms. The first kappa shape index (κ1) is 39.7. The highest BCUT2D eigenvalue weighted by atomic mass is 32.2. The number of sulfone groups is 1. The maximum atomic E-state index is 14.4. The van der Waals surface area contributed by atoms with Crippen LogP contribution in [0.5, 0.6) is 0 Å². The molecule has 2 aliphatic carbocycles. The van der Waals surface area contributed by atoms with Crippen LogP contribution in [0.25, 0.3) is 0 Å². The molecule has 12 nitrogen and oxygen atoms in total. The van der Waals surface area contributed by atoms with Gasteiger partial charge in [-0.05, 0) is 69.1 Å². The van der Waals surface area contributed by atoms with Crippen LogP contribution in [0.3, 0.4) is 0 Å². The smallest absolute Gasteiger partial charge is 0.315 e. The monoisotopic (exact) mass is 695 g/mol. The van der Waals surface area contributed by atoms with Gasteiger partial charge in [0.1, 0.15) is 12.1 Å². The van der Waals surface area contributed by atoms with E-state index in [2.05, 4.69) is 35.1 Å². The molecule has 0 spiro atoms. The number of Topliss-reactive ketones (excluding diaryl/α,β-unsaturated/α-hetero) is 1. The van der Waals surface area contributed by atoms with Crippen molar-refractivity contribution in [2.24, 2.45) is 22.7 Å². The molecule has 1 saturated heterocycles. The van der Waals surface area contributed by atoms with Crippen molar-refractivity contribution in [1.29, 1.82) is 0 Å². The van der Waals surface area contributed by atoms with Crippen molar-refractivity contribution >= 4 is 39.4 Å². The third kappa shape index (κ3) is 8.71. The molecule has 13 heteroatoms. The summed E-state index contributed by atoms with van der Waals surface area (Å²) in [6.07, 6.45) is 5.07. The van der Waals surface area contributed by atoms with E-state index < -0.39 is 73.2 Å². The van der Waals surface area contributed by atoms with Crippen molar-refractivity contribution in [2.75, 3.05) is 18.8 Å². The second kappa shape index (κ2) is 14.6. The van der Waals surface area contributed by atoms with Gasteiger partial charge in [0.2, 0.25) is 17.6 Å². The Hall–Kier alpha value is -2.70. The van der Waals surface area contributed by atoms with Crippen molar-refractivity contribution in [2.45, 2.75) is 149 Å². The molecule has 0 aromatic heterocycles. The Kier molecular flexibility index (Phi) is 12.1. The SMILES string of the molecule is CCCNC(=O)C(=O)C(CCC)NC(=O)[C@@H]1C2[C@H](CN1C(=O)[C@@H](NC(=O)NC1(CS(=O)(=O)C(C)(C)C)CCCCC1)C(C)(C)C)C2(C)C. The van der Waals surface area contributed by atoms with Crippen molar-refractivity contribution in [3.63, 3.8) is 0 Å². The van der Waals surface area contributed by atoms with E-state index in [1.807, 2.05) is 34.6 Å². The van der Waals surface area contributed by atoms with Crippen LogP contribution in [0, 0.1) is 22.7 Å². The van der Waals surface area contributed by atoms with E-state index in [0.29, 0.717) is 38.8 Å². The van der Waals surface area contributed by atoms with E-state index in [1.165, 1.54) is 4.90 Å². The van der Waals surface area contributed by atoms with Crippen molar-refractivity contribution in [1.82, 2.24) is 26.2 Å². The molecule has 5 atom stereocenters. The van der Waals surface area contributed by atoms with Crippen LogP contribution in [0.2, 0.25) is 0 Å². The second-order valence-corrected chi connectivity index (χ2v) is 19.7. The second-order valence-electron chi connectivity index (χ2n) is 17.0. The van der Waals surface area contributed by atoms with Crippen LogP contribution in [0.15, 0.2) is 0 Å². The number of amides is 5. The van der Waals surface area contributed by atoms with Gasteiger partial charge >= 0.3 is 6.03 Å². The zero-order valence-electron chi connectivity index (χ0n) is 30.9. The Morgan fingerprint density at radius 2 is 1.50 bits per heavy atom. The van der Waals surface area contributed by atoms with Gasteiger partial charge in [-0.15, -0.1) is 0 Å². The lowest BCUT2D eigenvalue weighted by Gasteiger charge is -2.41. The molecule has 48 heavy (non-hydrogen) atoms. The third-order valence-electron chi connectivity index (χ3n) is 10.7. The fraction of sp³-hybridized carbons (Fsp3) is 0.857. The van der Waals surface area contributed by atoms with Gasteiger partial charge in [0.05, 0.1) is 22.1 Å². The van der Waals surface area contributed by atoms with Crippen molar-refractivity contribution in [3.8, 4) is 0 Å². The normalized spacial score (nSPS) is 24.5. The average molecular weight is 696 g/mol. The molecular weight excluding hydrogens is 634 g/mol. The predicted octanol–water partition coefficient (Wildman–Crippen LogP) is 3.48. The minimum absolute atomic E-state index is 0.0629. The molecule has 0 aromatic carbocycles. The molecule has 5 amide bonds. The number of nitrogens with zero attached hydrogens (tertiary/aromatic N) is 1. The number of hydrogen-bond acceptors (Lipinski definition) is 7. The van der Waals surface area contributed by atoms with Crippen LogP contribution in [0.4, 0.5) is 4.79 Å². The minimum Gasteiger partial charge on any atom is -0.349 e. The number of fused-ring (bicyclic) bond motifs is 1. The summed E-state index contributed by atoms with van der Waals surface area (Å²) in [6, 6.07) is -3.54. The minimum atomic E-state index is -3.56. The lowest BCUT2D eigenvalue weighted by atomic mass is 9.83. The first-order valence-corrected chi connectivity index (χ1v) is 19.4. The molecule has 0 aromatic rings. The Morgan fingerprint density at radius 3 is 2.02 bits per heavy atom. The molecule has 2 saturated carbocycles. The predicted molar refractivity (Wildman–Crippen MR) is 186 cm³/mol. The standard InChI is InChI=1S/C35H61N5O7S/c1-11-16-23(26(41)29(43)36-19-12-2)37-28(42)25-24-22(34(24,9)10)20-40(25)30(44)27(32(3,4)5)38-31(45)39-35(17-14-13-15-18-35)21-48(46,47)33(6,7)8/h22-25,27H,11-21H2,1-10H3,(H,36,43)(H,37,42)(H2,38,39,45)/t22-,23?,24?,25-,27+/m0/s1. The number of carbonyl (C=O) groups excluding carboxylic acids is 5. The summed E-state index contributed by atoms with van der Waals surface area (Å²) >= 11 is 0. The van der Waals surface area contributed by atoms with Crippen LogP contribution < -0.4 is 21.3 Å². The van der Waals surface area contributed by atoms with Crippen LogP contribution in [-0.4, -0.2) is 90.1 Å². The third-order valence-corrected chi connectivity index (χ3v) is 13.5. The fourth-order valence-corrected chi connectivity index (χ4v) is 8.97. The number of hydrogen-bond donors (Lipinski definition) is 4. The summed E-state index contributed by atoms with van der Waals surface area (Å²) < 4.78 is 25.6. The molecule has 3 rings (SSSR count). The Labute approximate surface area is 288 Å². The Balaban J connectivity index is 1.85. The van der Waals surface area contributed by atoms with Gasteiger partial charge < -0.3 is 26.2 Å². The molecule has 4 N–H and O–H groups in total. The zero-order chi connectivity index (χ0) is 36.5. The molecule has 2 unspecified atom stereocenters. The van der Waals surface area contributed by atoms with E-state index in [4.69, 9.17) is 0 Å². The number of rotatable bonds is 13. The van der Waals surface area contributed by atoms with Gasteiger partial charge in [0.25, 0.3) is 5.91 Å². The highest BCUT2D eigenvalue weighted by Gasteiger charge is 2.70. The van der Waals surface area contributed by atoms with Gasteiger partial charge in [0, 0.05) is 13.1 Å². The van der Waals surface area contributed by atoms with Crippen LogP contribution in [0.1, 0.15) is 121 Å². The van der Waals surface area contributed by atoms with E-state index in [0.717, 1.165) is 19.3 Å². The summed E-state index contributed by atoms with van der Waals surface area (Å²) in [5, 5.41) is 11.3. The summed E-state index contributed by atoms with van der Waals surface area (Å²) in [5.41, 5.74) is -1.91. The first-order chi connectivity index (χ1) is 22.0. The van der Waals surface area contributed by atoms with E-state index in [-0.39, 0.29) is 29.4 Å². The van der Waals surface area contributed by atoms with Crippen molar-refractivity contribution < 1.29 is 32.4 Å². The molecule has 1 heterocycles. The van der Waals surface area contributed by atoms with E-state index in [9.17, 15) is 32.4 Å². The van der Waals surface area contributed by atoms with Crippen LogP contribution >= 0.6 is 0 Å². The summed E-state index contributed by atoms with van der Waals surface area (Å²) in [6.45, 7) is 19.0. The number of nitrogens with one attached hydrogen (secondary N) is 4. The quantitative estimate of drug-likeness (QED) is 0.214. The summed E-state index contributed by atoms with van der Waals surface area (Å²) in [5.74, 6) is -2.62. The van der Waals surface area contributed by atoms with Gasteiger partial charge in [0.15, 0.2) is 9.84 Å². The van der Waals surface area contributed by atoms with Gasteiger partial charge in [-0.3, -0.25) is 19.2 Å². The van der Waals surface area contributed by atoms with Crippen LogP contribution in [-0.2, 0) is 29.0 Å². The topological polar surface area (TPSA) is 171 Å². The summed E-state index contributed by atoms with van der Waals surface area (Å²) in [7, 11) is -3.56. The van der Waals surface area contributed by atoms with E-state index in [1.54, 1.807) is 20.8 Å². The van der Waals surface area contributed by atoms with Gasteiger partial charge in [-0.2, -0.15) is 0 Å². The summed E-state index contributed by atoms with van der Waals surface area (Å²) in [4.78, 5) is 69.1. The molecular formula is C35H61N5O7S. The number of piperidine rings is 1. The van der Waals surface area contributed by atoms with Gasteiger partial charge in [-0.25, -0.2) is 13.2 Å². The Bertz CT molecular complexity index is 1340. The lowest BCUT2D eigenvalue weighted by molar-refractivity contribution is -0.145. The first-order valence-electron chi connectivity index (χ1n) is 17.8. The number of likely N-dealkylation sites (tertiary alicyclic amines) is 1.